The summed E-state index contributed by atoms with van der Waals surface area (Å²) in [5, 5.41) is 15.3. The van der Waals surface area contributed by atoms with Gasteiger partial charge in [-0.2, -0.15) is 10.2 Å². The van der Waals surface area contributed by atoms with E-state index in [1.165, 1.54) is 0 Å². The molecule has 0 saturated carbocycles. The number of H-pyrrole nitrogens is 1. The fourth-order valence-corrected chi connectivity index (χ4v) is 4.49. The molecule has 1 aliphatic rings. The molecule has 1 saturated heterocycles. The molecule has 9 heteroatoms. The summed E-state index contributed by atoms with van der Waals surface area (Å²) < 4.78 is 2.01. The predicted octanol–water partition coefficient (Wildman–Crippen LogP) is 3.16. The third-order valence-corrected chi connectivity index (χ3v) is 6.42. The number of hydrogen-bond acceptors (Lipinski definition) is 7. The number of nitrogens with one attached hydrogen (secondary N) is 2. The molecule has 0 aliphatic carbocycles. The second kappa shape index (κ2) is 9.36. The number of rotatable bonds is 6. The Morgan fingerprint density at radius 2 is 1.80 bits per heavy atom. The highest BCUT2D eigenvalue weighted by Crippen LogP contribution is 2.30. The molecule has 0 amide bonds. The molecule has 9 nitrogen and oxygen atoms in total. The lowest BCUT2D eigenvalue weighted by Gasteiger charge is -2.26. The fraction of sp³-hybridized carbons (Fsp3) is 0.269. The average molecular weight is 466 g/mol. The minimum absolute atomic E-state index is 0.829. The highest BCUT2D eigenvalue weighted by atomic mass is 15.3. The van der Waals surface area contributed by atoms with Crippen LogP contribution in [0.15, 0.2) is 61.2 Å². The Labute approximate surface area is 203 Å². The average Bonchev–Trinajstić information content (AvgIpc) is 3.58. The van der Waals surface area contributed by atoms with Crippen LogP contribution in [0.1, 0.15) is 5.69 Å². The van der Waals surface area contributed by atoms with Crippen LogP contribution in [0.3, 0.4) is 0 Å². The number of aryl methyl sites for hydroxylation is 1. The molecule has 6 heterocycles. The number of fused-ring (bicyclic) bond motifs is 1. The van der Waals surface area contributed by atoms with Crippen molar-refractivity contribution in [1.29, 1.82) is 0 Å². The van der Waals surface area contributed by atoms with E-state index in [2.05, 4.69) is 47.7 Å². The van der Waals surface area contributed by atoms with Crippen LogP contribution in [-0.4, -0.2) is 72.6 Å². The summed E-state index contributed by atoms with van der Waals surface area (Å²) in [6, 6.07) is 12.0. The Balaban J connectivity index is 1.26. The van der Waals surface area contributed by atoms with Crippen LogP contribution in [0.4, 0.5) is 0 Å². The lowest BCUT2D eigenvalue weighted by molar-refractivity contribution is 0.229. The Bertz CT molecular complexity index is 1460. The van der Waals surface area contributed by atoms with E-state index in [0.29, 0.717) is 0 Å². The van der Waals surface area contributed by atoms with Crippen molar-refractivity contribution in [3.05, 3.63) is 66.9 Å². The summed E-state index contributed by atoms with van der Waals surface area (Å²) in [6.45, 7) is 8.17. The lowest BCUT2D eigenvalue weighted by Crippen LogP contribution is -2.44. The first-order valence-corrected chi connectivity index (χ1v) is 11.9. The van der Waals surface area contributed by atoms with E-state index in [1.807, 2.05) is 54.3 Å². The van der Waals surface area contributed by atoms with Crippen molar-refractivity contribution in [1.82, 2.24) is 45.1 Å². The van der Waals surface area contributed by atoms with Crippen molar-refractivity contribution in [2.45, 2.75) is 13.5 Å². The van der Waals surface area contributed by atoms with Crippen LogP contribution in [0, 0.1) is 6.92 Å². The molecule has 1 fully saturated rings. The quantitative estimate of drug-likeness (QED) is 0.397. The highest BCUT2D eigenvalue weighted by molar-refractivity contribution is 5.84. The molecule has 0 bridgehead atoms. The Hall–Kier alpha value is -3.95. The molecule has 5 aromatic rings. The number of piperazine rings is 1. The topological polar surface area (TPSA) is 100 Å². The molecule has 6 rings (SSSR count). The molecular formula is C26H27N9. The van der Waals surface area contributed by atoms with Gasteiger partial charge >= 0.3 is 0 Å². The van der Waals surface area contributed by atoms with E-state index in [1.54, 1.807) is 6.20 Å². The first-order chi connectivity index (χ1) is 17.2. The molecule has 0 spiro atoms. The van der Waals surface area contributed by atoms with E-state index in [0.717, 1.165) is 89.8 Å². The number of pyridine rings is 3. The number of hydrogen-bond donors (Lipinski definition) is 2. The van der Waals surface area contributed by atoms with Gasteiger partial charge in [-0.3, -0.25) is 24.6 Å². The Morgan fingerprint density at radius 1 is 0.886 bits per heavy atom. The van der Waals surface area contributed by atoms with Crippen LogP contribution >= 0.6 is 0 Å². The van der Waals surface area contributed by atoms with Crippen molar-refractivity contribution in [2.75, 3.05) is 32.7 Å². The highest BCUT2D eigenvalue weighted by Gasteiger charge is 2.14. The summed E-state index contributed by atoms with van der Waals surface area (Å²) >= 11 is 0. The third kappa shape index (κ3) is 4.55. The predicted molar refractivity (Wildman–Crippen MR) is 136 cm³/mol. The SMILES string of the molecule is Cc1cccc(-c2[nH]ncc2-c2ccc3ncc(-c4cnn(CCN5CCNCC5)c4)cc3n2)n1. The zero-order chi connectivity index (χ0) is 23.6. The molecule has 0 unspecified atom stereocenters. The molecule has 2 N–H and O–H groups in total. The molecule has 0 atom stereocenters. The monoisotopic (exact) mass is 465 g/mol. The van der Waals surface area contributed by atoms with Gasteiger partial charge in [0.25, 0.3) is 0 Å². The normalized spacial score (nSPS) is 14.5. The summed E-state index contributed by atoms with van der Waals surface area (Å²) in [5.74, 6) is 0. The van der Waals surface area contributed by atoms with Gasteiger partial charge in [-0.25, -0.2) is 4.98 Å². The number of aromatic nitrogens is 7. The molecule has 1 aliphatic heterocycles. The first-order valence-electron chi connectivity index (χ1n) is 11.9. The minimum Gasteiger partial charge on any atom is -0.314 e. The first kappa shape index (κ1) is 21.6. The summed E-state index contributed by atoms with van der Waals surface area (Å²) in [4.78, 5) is 16.7. The van der Waals surface area contributed by atoms with Crippen LogP contribution in [0.25, 0.3) is 44.8 Å². The standard InChI is InChI=1S/C26H27N9/c1-18-3-2-4-24(31-18)26-21(16-29-33-26)22-5-6-23-25(32-22)13-19(14-28-23)20-15-30-35(17-20)12-11-34-9-7-27-8-10-34/h2-6,13-17,27H,7-12H2,1H3,(H,29,33). The van der Waals surface area contributed by atoms with Crippen molar-refractivity contribution >= 4 is 11.0 Å². The van der Waals surface area contributed by atoms with Crippen LogP contribution < -0.4 is 5.32 Å². The van der Waals surface area contributed by atoms with E-state index in [-0.39, 0.29) is 0 Å². The van der Waals surface area contributed by atoms with Gasteiger partial charge in [0.05, 0.1) is 47.1 Å². The van der Waals surface area contributed by atoms with Crippen LogP contribution in [0.2, 0.25) is 0 Å². The maximum atomic E-state index is 4.93. The van der Waals surface area contributed by atoms with E-state index in [9.17, 15) is 0 Å². The van der Waals surface area contributed by atoms with Crippen molar-refractivity contribution in [3.63, 3.8) is 0 Å². The van der Waals surface area contributed by atoms with E-state index >= 15 is 0 Å². The Morgan fingerprint density at radius 3 is 2.69 bits per heavy atom. The molecule has 35 heavy (non-hydrogen) atoms. The summed E-state index contributed by atoms with van der Waals surface area (Å²) in [5.41, 5.74) is 8.13. The van der Waals surface area contributed by atoms with Gasteiger partial charge in [-0.05, 0) is 37.3 Å². The second-order valence-electron chi connectivity index (χ2n) is 8.87. The summed E-state index contributed by atoms with van der Waals surface area (Å²) in [7, 11) is 0. The van der Waals surface area contributed by atoms with Crippen LogP contribution in [-0.2, 0) is 6.54 Å². The lowest BCUT2D eigenvalue weighted by atomic mass is 10.1. The zero-order valence-electron chi connectivity index (χ0n) is 19.6. The minimum atomic E-state index is 0.829. The number of aromatic amines is 1. The van der Waals surface area contributed by atoms with Gasteiger partial charge in [-0.1, -0.05) is 6.07 Å². The fourth-order valence-electron chi connectivity index (χ4n) is 4.49. The van der Waals surface area contributed by atoms with Gasteiger partial charge in [0, 0.05) is 67.5 Å². The smallest absolute Gasteiger partial charge is 0.0928 e. The molecule has 0 aromatic carbocycles. The molecular weight excluding hydrogens is 438 g/mol. The van der Waals surface area contributed by atoms with Gasteiger partial charge < -0.3 is 5.32 Å². The molecule has 176 valence electrons. The van der Waals surface area contributed by atoms with E-state index in [4.69, 9.17) is 4.98 Å². The maximum Gasteiger partial charge on any atom is 0.0928 e. The molecule has 0 radical (unpaired) electrons. The van der Waals surface area contributed by atoms with E-state index < -0.39 is 0 Å². The van der Waals surface area contributed by atoms with Crippen molar-refractivity contribution < 1.29 is 0 Å². The second-order valence-corrected chi connectivity index (χ2v) is 8.87. The van der Waals surface area contributed by atoms with Gasteiger partial charge in [0.2, 0.25) is 0 Å². The van der Waals surface area contributed by atoms with Gasteiger partial charge in [0.15, 0.2) is 0 Å². The van der Waals surface area contributed by atoms with Gasteiger partial charge in [0.1, 0.15) is 0 Å². The van der Waals surface area contributed by atoms with Crippen molar-refractivity contribution in [2.24, 2.45) is 0 Å². The number of nitrogens with zero attached hydrogens (tertiary/aromatic N) is 7. The Kier molecular flexibility index (Phi) is 5.77. The van der Waals surface area contributed by atoms with Crippen molar-refractivity contribution in [3.8, 4) is 33.8 Å². The third-order valence-electron chi connectivity index (χ3n) is 6.42. The summed E-state index contributed by atoms with van der Waals surface area (Å²) in [6.07, 6.45) is 7.68. The largest absolute Gasteiger partial charge is 0.314 e. The maximum absolute atomic E-state index is 4.93. The molecule has 5 aromatic heterocycles. The van der Waals surface area contributed by atoms with Gasteiger partial charge in [-0.15, -0.1) is 0 Å². The zero-order valence-corrected chi connectivity index (χ0v) is 19.6. The van der Waals surface area contributed by atoms with Crippen LogP contribution in [0.5, 0.6) is 0 Å².